The van der Waals surface area contributed by atoms with Crippen molar-refractivity contribution < 1.29 is 19.2 Å². The van der Waals surface area contributed by atoms with E-state index in [1.807, 2.05) is 6.92 Å². The maximum Gasteiger partial charge on any atom is 0.313 e. The maximum absolute atomic E-state index is 12.1. The van der Waals surface area contributed by atoms with Crippen molar-refractivity contribution >= 4 is 23.0 Å². The van der Waals surface area contributed by atoms with Gasteiger partial charge in [0.25, 0.3) is 11.5 Å². The highest BCUT2D eigenvalue weighted by Gasteiger charge is 2.46. The number of nitrogens with zero attached hydrogens (tertiary/aromatic N) is 4. The van der Waals surface area contributed by atoms with E-state index in [2.05, 4.69) is 9.97 Å². The summed E-state index contributed by atoms with van der Waals surface area (Å²) in [6.07, 6.45) is -0.222. The molecule has 3 rings (SSSR count). The standard InChI is InChI=1S/C15H22N6O4/c1-7-9(5-19(3)8(2)22)11(23)14(25-7)21-6-20(4)10-12(21)17-15(16)18-13(10)24/h6-7,9,11,14,23H,5H2,1-4H3,(H2-,16,17,18,24)/p+1/t7-,9-,11-,14-/m1/s1. The normalized spacial score (nSPS) is 26.3. The molecule has 0 aliphatic carbocycles. The van der Waals surface area contributed by atoms with Crippen LogP contribution in [0.15, 0.2) is 11.1 Å². The number of carbonyl (C=O) groups is 1. The van der Waals surface area contributed by atoms with Crippen LogP contribution < -0.4 is 15.9 Å². The maximum atomic E-state index is 12.1. The predicted octanol–water partition coefficient (Wildman–Crippen LogP) is -1.50. The number of aliphatic hydroxyl groups excluding tert-OH is 1. The molecule has 0 spiro atoms. The molecule has 0 unspecified atom stereocenters. The monoisotopic (exact) mass is 351 g/mol. The number of hydrogen-bond acceptors (Lipinski definition) is 6. The van der Waals surface area contributed by atoms with E-state index >= 15 is 0 Å². The van der Waals surface area contributed by atoms with E-state index in [-0.39, 0.29) is 29.4 Å². The first-order valence-corrected chi connectivity index (χ1v) is 8.02. The summed E-state index contributed by atoms with van der Waals surface area (Å²) in [5.74, 6) is -0.353. The summed E-state index contributed by atoms with van der Waals surface area (Å²) in [6.45, 7) is 3.69. The number of hydrogen-bond donors (Lipinski definition) is 3. The number of nitrogen functional groups attached to an aromatic ring is 1. The van der Waals surface area contributed by atoms with Crippen LogP contribution in [-0.2, 0) is 16.6 Å². The summed E-state index contributed by atoms with van der Waals surface area (Å²) in [5.41, 5.74) is 5.96. The molecule has 0 bridgehead atoms. The number of rotatable bonds is 3. The molecule has 0 radical (unpaired) electrons. The second-order valence-electron chi connectivity index (χ2n) is 6.54. The van der Waals surface area contributed by atoms with Gasteiger partial charge in [-0.15, -0.1) is 0 Å². The zero-order valence-electron chi connectivity index (χ0n) is 14.6. The van der Waals surface area contributed by atoms with Crippen LogP contribution in [0.25, 0.3) is 11.2 Å². The van der Waals surface area contributed by atoms with Gasteiger partial charge in [0, 0.05) is 26.4 Å². The Morgan fingerprint density at radius 3 is 2.92 bits per heavy atom. The summed E-state index contributed by atoms with van der Waals surface area (Å²) in [7, 11) is 3.39. The van der Waals surface area contributed by atoms with Gasteiger partial charge in [-0.25, -0.2) is 4.57 Å². The molecule has 1 fully saturated rings. The molecule has 2 aromatic heterocycles. The molecule has 10 nitrogen and oxygen atoms in total. The molecule has 1 saturated heterocycles. The van der Waals surface area contributed by atoms with Crippen molar-refractivity contribution in [1.29, 1.82) is 0 Å². The molecule has 1 aliphatic heterocycles. The number of anilines is 1. The summed E-state index contributed by atoms with van der Waals surface area (Å²) >= 11 is 0. The topological polar surface area (TPSA) is 130 Å². The third-order valence-electron chi connectivity index (χ3n) is 4.77. The third kappa shape index (κ3) is 2.87. The summed E-state index contributed by atoms with van der Waals surface area (Å²) in [6, 6.07) is 0. The van der Waals surface area contributed by atoms with E-state index in [1.165, 1.54) is 6.92 Å². The second-order valence-corrected chi connectivity index (χ2v) is 6.54. The lowest BCUT2D eigenvalue weighted by Crippen LogP contribution is -2.46. The van der Waals surface area contributed by atoms with Crippen LogP contribution in [0, 0.1) is 5.92 Å². The SMILES string of the molecule is CC(=O)N(C)C[C@H]1[C@@H](O)[C@H]([n+]2cn(C)c3c(=O)[nH]c(N)nc32)O[C@@H]1C. The van der Waals surface area contributed by atoms with Crippen LogP contribution in [0.5, 0.6) is 0 Å². The van der Waals surface area contributed by atoms with Crippen LogP contribution >= 0.6 is 0 Å². The van der Waals surface area contributed by atoms with E-state index in [0.29, 0.717) is 17.7 Å². The Morgan fingerprint density at radius 2 is 2.28 bits per heavy atom. The van der Waals surface area contributed by atoms with E-state index in [1.54, 1.807) is 34.5 Å². The number of amides is 1. The van der Waals surface area contributed by atoms with E-state index in [4.69, 9.17) is 10.5 Å². The number of fused-ring (bicyclic) bond motifs is 1. The van der Waals surface area contributed by atoms with Crippen LogP contribution in [-0.4, -0.2) is 56.2 Å². The van der Waals surface area contributed by atoms with Gasteiger partial charge in [-0.1, -0.05) is 4.98 Å². The zero-order valence-corrected chi connectivity index (χ0v) is 14.6. The van der Waals surface area contributed by atoms with Gasteiger partial charge < -0.3 is 20.5 Å². The van der Waals surface area contributed by atoms with Gasteiger partial charge in [-0.2, -0.15) is 0 Å². The highest BCUT2D eigenvalue weighted by Crippen LogP contribution is 2.31. The Morgan fingerprint density at radius 1 is 1.60 bits per heavy atom. The molecular formula is C15H23N6O4+. The van der Waals surface area contributed by atoms with Gasteiger partial charge in [-0.3, -0.25) is 19.1 Å². The lowest BCUT2D eigenvalue weighted by Gasteiger charge is -2.23. The Hall–Kier alpha value is -2.46. The minimum atomic E-state index is -0.866. The fourth-order valence-corrected chi connectivity index (χ4v) is 3.28. The van der Waals surface area contributed by atoms with Crippen molar-refractivity contribution in [2.75, 3.05) is 19.3 Å². The molecule has 0 aromatic carbocycles. The second kappa shape index (κ2) is 6.12. The van der Waals surface area contributed by atoms with Crippen molar-refractivity contribution in [2.24, 2.45) is 13.0 Å². The number of H-pyrrole nitrogens is 1. The van der Waals surface area contributed by atoms with Gasteiger partial charge >= 0.3 is 5.65 Å². The lowest BCUT2D eigenvalue weighted by molar-refractivity contribution is -0.745. The average molecular weight is 351 g/mol. The molecule has 4 atom stereocenters. The molecular weight excluding hydrogens is 328 g/mol. The molecule has 0 saturated carbocycles. The van der Waals surface area contributed by atoms with Crippen molar-refractivity contribution in [2.45, 2.75) is 32.3 Å². The van der Waals surface area contributed by atoms with Crippen LogP contribution in [0.3, 0.4) is 0 Å². The number of aromatic nitrogens is 4. The first kappa shape index (κ1) is 17.4. The van der Waals surface area contributed by atoms with E-state index in [9.17, 15) is 14.7 Å². The molecule has 2 aromatic rings. The lowest BCUT2D eigenvalue weighted by atomic mass is 9.98. The summed E-state index contributed by atoms with van der Waals surface area (Å²) in [5, 5.41) is 10.8. The summed E-state index contributed by atoms with van der Waals surface area (Å²) in [4.78, 5) is 31.8. The molecule has 3 heterocycles. The quantitative estimate of drug-likeness (QED) is 0.577. The van der Waals surface area contributed by atoms with Crippen LogP contribution in [0.4, 0.5) is 5.95 Å². The van der Waals surface area contributed by atoms with Crippen molar-refractivity contribution in [3.05, 3.63) is 16.7 Å². The number of nitrogens with two attached hydrogens (primary N) is 1. The number of nitrogens with one attached hydrogen (secondary N) is 1. The van der Waals surface area contributed by atoms with Gasteiger partial charge in [0.2, 0.25) is 17.7 Å². The number of imidazole rings is 1. The van der Waals surface area contributed by atoms with Gasteiger partial charge in [0.05, 0.1) is 13.2 Å². The van der Waals surface area contributed by atoms with Gasteiger partial charge in [-0.05, 0) is 6.92 Å². The minimum Gasteiger partial charge on any atom is -0.386 e. The predicted molar refractivity (Wildman–Crippen MR) is 88.3 cm³/mol. The number of aromatic amines is 1. The highest BCUT2D eigenvalue weighted by atomic mass is 16.5. The van der Waals surface area contributed by atoms with Crippen molar-refractivity contribution in [3.63, 3.8) is 0 Å². The molecule has 10 heteroatoms. The Balaban J connectivity index is 1.99. The number of carbonyl (C=O) groups excluding carboxylic acids is 1. The average Bonchev–Trinajstić information content (AvgIpc) is 2.98. The number of aliphatic hydroxyl groups is 1. The summed E-state index contributed by atoms with van der Waals surface area (Å²) < 4.78 is 9.14. The third-order valence-corrected chi connectivity index (χ3v) is 4.77. The van der Waals surface area contributed by atoms with Crippen LogP contribution in [0.1, 0.15) is 20.1 Å². The van der Waals surface area contributed by atoms with Gasteiger partial charge in [0.1, 0.15) is 6.10 Å². The molecule has 1 amide bonds. The number of aryl methyl sites for hydroxylation is 1. The van der Waals surface area contributed by atoms with Crippen molar-refractivity contribution in [1.82, 2.24) is 19.4 Å². The molecule has 136 valence electrons. The molecule has 4 N–H and O–H groups in total. The number of ether oxygens (including phenoxy) is 1. The molecule has 1 aliphatic rings. The van der Waals surface area contributed by atoms with Crippen molar-refractivity contribution in [3.8, 4) is 0 Å². The smallest absolute Gasteiger partial charge is 0.313 e. The fourth-order valence-electron chi connectivity index (χ4n) is 3.28. The first-order valence-electron chi connectivity index (χ1n) is 8.02. The Labute approximate surface area is 143 Å². The first-order chi connectivity index (χ1) is 11.7. The highest BCUT2D eigenvalue weighted by molar-refractivity contribution is 5.72. The Kier molecular flexibility index (Phi) is 4.25. The molecule has 25 heavy (non-hydrogen) atoms. The minimum absolute atomic E-state index is 0.00847. The van der Waals surface area contributed by atoms with E-state index < -0.39 is 12.3 Å². The zero-order chi connectivity index (χ0) is 18.5. The largest absolute Gasteiger partial charge is 0.386 e. The van der Waals surface area contributed by atoms with E-state index in [0.717, 1.165) is 0 Å². The Bertz CT molecular complexity index is 875. The van der Waals surface area contributed by atoms with Gasteiger partial charge in [0.15, 0.2) is 6.33 Å². The van der Waals surface area contributed by atoms with Crippen LogP contribution in [0.2, 0.25) is 0 Å². The fraction of sp³-hybridized carbons (Fsp3) is 0.600.